The number of nitrogens with one attached hydrogen (secondary N) is 2. The standard InChI is InChI=1S/C16H20N2O2S/c1-11-3-2-4-13-15(11)12(8-17-13)7-14(19)18-9-16(20)5-6-21-10-16/h2-4,8,17,20H,5-7,9-10H2,1H3,(H,18,19). The van der Waals surface area contributed by atoms with Crippen LogP contribution >= 0.6 is 11.8 Å². The van der Waals surface area contributed by atoms with Crippen LogP contribution in [0.5, 0.6) is 0 Å². The van der Waals surface area contributed by atoms with Crippen molar-refractivity contribution in [1.29, 1.82) is 0 Å². The van der Waals surface area contributed by atoms with E-state index in [0.717, 1.165) is 28.6 Å². The Morgan fingerprint density at radius 1 is 1.52 bits per heavy atom. The van der Waals surface area contributed by atoms with Crippen LogP contribution in [0, 0.1) is 6.92 Å². The molecule has 3 N–H and O–H groups in total. The van der Waals surface area contributed by atoms with Gasteiger partial charge in [0.05, 0.1) is 12.0 Å². The molecule has 0 bridgehead atoms. The van der Waals surface area contributed by atoms with Gasteiger partial charge in [0.2, 0.25) is 5.91 Å². The van der Waals surface area contributed by atoms with Gasteiger partial charge in [-0.3, -0.25) is 4.79 Å². The Morgan fingerprint density at radius 3 is 3.14 bits per heavy atom. The van der Waals surface area contributed by atoms with Crippen LogP contribution < -0.4 is 5.32 Å². The van der Waals surface area contributed by atoms with Gasteiger partial charge in [-0.2, -0.15) is 11.8 Å². The summed E-state index contributed by atoms with van der Waals surface area (Å²) in [5, 5.41) is 14.2. The molecule has 1 atom stereocenters. The first-order valence-electron chi connectivity index (χ1n) is 7.20. The van der Waals surface area contributed by atoms with Gasteiger partial charge in [0.1, 0.15) is 0 Å². The van der Waals surface area contributed by atoms with Crippen molar-refractivity contribution < 1.29 is 9.90 Å². The average molecular weight is 304 g/mol. The molecule has 0 spiro atoms. The molecule has 3 rings (SSSR count). The molecule has 1 aliphatic rings. The molecule has 1 amide bonds. The largest absolute Gasteiger partial charge is 0.387 e. The van der Waals surface area contributed by atoms with E-state index in [9.17, 15) is 9.90 Å². The molecule has 1 aliphatic heterocycles. The van der Waals surface area contributed by atoms with Crippen LogP contribution in [0.3, 0.4) is 0 Å². The highest BCUT2D eigenvalue weighted by atomic mass is 32.2. The fraction of sp³-hybridized carbons (Fsp3) is 0.438. The minimum Gasteiger partial charge on any atom is -0.387 e. The number of aryl methyl sites for hydroxylation is 1. The second-order valence-corrected chi connectivity index (χ2v) is 6.90. The first kappa shape index (κ1) is 14.5. The topological polar surface area (TPSA) is 65.1 Å². The third kappa shape index (κ3) is 3.09. The summed E-state index contributed by atoms with van der Waals surface area (Å²) < 4.78 is 0. The van der Waals surface area contributed by atoms with Crippen molar-refractivity contribution in [1.82, 2.24) is 10.3 Å². The van der Waals surface area contributed by atoms with Gasteiger partial charge in [-0.05, 0) is 36.3 Å². The van der Waals surface area contributed by atoms with Gasteiger partial charge in [-0.15, -0.1) is 0 Å². The molecule has 1 aromatic heterocycles. The zero-order chi connectivity index (χ0) is 14.9. The van der Waals surface area contributed by atoms with Crippen molar-refractivity contribution in [3.05, 3.63) is 35.5 Å². The molecule has 1 aromatic carbocycles. The van der Waals surface area contributed by atoms with Crippen LogP contribution in [0.25, 0.3) is 10.9 Å². The van der Waals surface area contributed by atoms with Crippen molar-refractivity contribution >= 4 is 28.6 Å². The quantitative estimate of drug-likeness (QED) is 0.809. The van der Waals surface area contributed by atoms with E-state index in [1.54, 1.807) is 11.8 Å². The molecule has 4 nitrogen and oxygen atoms in total. The summed E-state index contributed by atoms with van der Waals surface area (Å²) in [6.45, 7) is 2.40. The number of carbonyl (C=O) groups is 1. The van der Waals surface area contributed by atoms with Crippen molar-refractivity contribution in [2.75, 3.05) is 18.1 Å². The van der Waals surface area contributed by atoms with Crippen molar-refractivity contribution in [2.45, 2.75) is 25.4 Å². The Balaban J connectivity index is 1.66. The molecule has 5 heteroatoms. The van der Waals surface area contributed by atoms with Gasteiger partial charge in [0.15, 0.2) is 0 Å². The third-order valence-corrected chi connectivity index (χ3v) is 5.28. The van der Waals surface area contributed by atoms with Gasteiger partial charge in [-0.1, -0.05) is 12.1 Å². The molecular weight excluding hydrogens is 284 g/mol. The van der Waals surface area contributed by atoms with Crippen LogP contribution in [-0.2, 0) is 11.2 Å². The Bertz CT molecular complexity index is 659. The Kier molecular flexibility index (Phi) is 3.95. The van der Waals surface area contributed by atoms with Crippen molar-refractivity contribution in [3.8, 4) is 0 Å². The zero-order valence-electron chi connectivity index (χ0n) is 12.1. The average Bonchev–Trinajstić information content (AvgIpc) is 3.05. The number of H-pyrrole nitrogens is 1. The normalized spacial score (nSPS) is 21.8. The summed E-state index contributed by atoms with van der Waals surface area (Å²) in [5.41, 5.74) is 2.51. The Hall–Kier alpha value is -1.46. The molecule has 112 valence electrons. The number of carbonyl (C=O) groups excluding carboxylic acids is 1. The van der Waals surface area contributed by atoms with E-state index in [-0.39, 0.29) is 5.91 Å². The maximum absolute atomic E-state index is 12.1. The SMILES string of the molecule is Cc1cccc2[nH]cc(CC(=O)NCC3(O)CCSC3)c12. The molecule has 1 fully saturated rings. The van der Waals surface area contributed by atoms with E-state index >= 15 is 0 Å². The van der Waals surface area contributed by atoms with E-state index < -0.39 is 5.60 Å². The first-order chi connectivity index (χ1) is 10.1. The van der Waals surface area contributed by atoms with Crippen LogP contribution in [0.1, 0.15) is 17.5 Å². The Labute approximate surface area is 128 Å². The number of aliphatic hydroxyl groups is 1. The highest BCUT2D eigenvalue weighted by molar-refractivity contribution is 7.99. The Morgan fingerprint density at radius 2 is 2.38 bits per heavy atom. The molecule has 21 heavy (non-hydrogen) atoms. The number of thioether (sulfide) groups is 1. The smallest absolute Gasteiger partial charge is 0.224 e. The van der Waals surface area contributed by atoms with Gasteiger partial charge in [-0.25, -0.2) is 0 Å². The summed E-state index contributed by atoms with van der Waals surface area (Å²) in [4.78, 5) is 15.3. The number of aromatic amines is 1. The fourth-order valence-corrected chi connectivity index (χ4v) is 4.12. The second-order valence-electron chi connectivity index (χ2n) is 5.79. The maximum atomic E-state index is 12.1. The van der Waals surface area contributed by atoms with E-state index in [0.29, 0.717) is 18.7 Å². The first-order valence-corrected chi connectivity index (χ1v) is 8.35. The fourth-order valence-electron chi connectivity index (χ4n) is 2.83. The van der Waals surface area contributed by atoms with E-state index in [1.165, 1.54) is 5.56 Å². The lowest BCUT2D eigenvalue weighted by molar-refractivity contribution is -0.121. The van der Waals surface area contributed by atoms with Crippen LogP contribution in [0.2, 0.25) is 0 Å². The van der Waals surface area contributed by atoms with Crippen LogP contribution in [0.4, 0.5) is 0 Å². The van der Waals surface area contributed by atoms with Gasteiger partial charge in [0.25, 0.3) is 0 Å². The van der Waals surface area contributed by atoms with Crippen molar-refractivity contribution in [3.63, 3.8) is 0 Å². The monoisotopic (exact) mass is 304 g/mol. The minimum absolute atomic E-state index is 0.0375. The third-order valence-electron chi connectivity index (χ3n) is 4.04. The molecule has 0 aliphatic carbocycles. The number of benzene rings is 1. The molecule has 1 saturated heterocycles. The molecular formula is C16H20N2O2S. The number of hydrogen-bond donors (Lipinski definition) is 3. The number of hydrogen-bond acceptors (Lipinski definition) is 3. The lowest BCUT2D eigenvalue weighted by Gasteiger charge is -2.21. The highest BCUT2D eigenvalue weighted by Crippen LogP contribution is 2.27. The summed E-state index contributed by atoms with van der Waals surface area (Å²) in [5.74, 6) is 1.64. The summed E-state index contributed by atoms with van der Waals surface area (Å²) >= 11 is 1.74. The molecule has 1 unspecified atom stereocenters. The lowest BCUT2D eigenvalue weighted by atomic mass is 10.0. The predicted octanol–water partition coefficient (Wildman–Crippen LogP) is 2.00. The zero-order valence-corrected chi connectivity index (χ0v) is 12.9. The van der Waals surface area contributed by atoms with Gasteiger partial charge >= 0.3 is 0 Å². The second kappa shape index (κ2) is 5.73. The van der Waals surface area contributed by atoms with Gasteiger partial charge < -0.3 is 15.4 Å². The van der Waals surface area contributed by atoms with E-state index in [4.69, 9.17) is 0 Å². The molecule has 2 aromatic rings. The molecule has 0 saturated carbocycles. The van der Waals surface area contributed by atoms with Crippen LogP contribution in [-0.4, -0.2) is 39.6 Å². The number of amides is 1. The summed E-state index contributed by atoms with van der Waals surface area (Å²) in [6, 6.07) is 6.07. The number of rotatable bonds is 4. The predicted molar refractivity (Wildman–Crippen MR) is 86.6 cm³/mol. The number of aromatic nitrogens is 1. The van der Waals surface area contributed by atoms with Crippen molar-refractivity contribution in [2.24, 2.45) is 0 Å². The van der Waals surface area contributed by atoms with Crippen LogP contribution in [0.15, 0.2) is 24.4 Å². The lowest BCUT2D eigenvalue weighted by Crippen LogP contribution is -2.43. The molecule has 2 heterocycles. The minimum atomic E-state index is -0.726. The summed E-state index contributed by atoms with van der Waals surface area (Å²) in [7, 11) is 0. The highest BCUT2D eigenvalue weighted by Gasteiger charge is 2.31. The number of fused-ring (bicyclic) bond motifs is 1. The maximum Gasteiger partial charge on any atom is 0.224 e. The summed E-state index contributed by atoms with van der Waals surface area (Å²) in [6.07, 6.45) is 3.00. The van der Waals surface area contributed by atoms with Gasteiger partial charge in [0, 0.05) is 29.4 Å². The van der Waals surface area contributed by atoms with E-state index in [1.807, 2.05) is 18.3 Å². The van der Waals surface area contributed by atoms with E-state index in [2.05, 4.69) is 23.3 Å². The molecule has 0 radical (unpaired) electrons.